The van der Waals surface area contributed by atoms with Crippen LogP contribution in [-0.4, -0.2) is 40.4 Å². The van der Waals surface area contributed by atoms with Gasteiger partial charge in [0.25, 0.3) is 0 Å². The van der Waals surface area contributed by atoms with Gasteiger partial charge in [-0.15, -0.1) is 0 Å². The van der Waals surface area contributed by atoms with Crippen LogP contribution in [0, 0.1) is 5.92 Å². The van der Waals surface area contributed by atoms with E-state index in [2.05, 4.69) is 20.8 Å². The maximum absolute atomic E-state index is 12.2. The van der Waals surface area contributed by atoms with Gasteiger partial charge < -0.3 is 25.0 Å². The van der Waals surface area contributed by atoms with Crippen molar-refractivity contribution in [3.63, 3.8) is 0 Å². The Morgan fingerprint density at radius 1 is 1.25 bits per heavy atom. The molecule has 0 radical (unpaired) electrons. The number of ether oxygens (including phenoxy) is 1. The molecule has 1 atom stereocenters. The fourth-order valence-electron chi connectivity index (χ4n) is 3.32. The van der Waals surface area contributed by atoms with Gasteiger partial charge in [-0.3, -0.25) is 4.79 Å². The topological polar surface area (TPSA) is 127 Å². The van der Waals surface area contributed by atoms with Crippen molar-refractivity contribution < 1.29 is 24.0 Å². The Bertz CT molecular complexity index is 829. The molecule has 1 unspecified atom stereocenters. The quantitative estimate of drug-likeness (QED) is 0.694. The molecule has 150 valence electrons. The SMILES string of the molecule is COc1ccccc1-c1noc(C(C)NC(=O)NC2CCC(C(=O)O)CC2)n1. The molecule has 3 rings (SSSR count). The number of carboxylic acid groups (broad SMARTS) is 1. The van der Waals surface area contributed by atoms with Crippen LogP contribution in [-0.2, 0) is 4.79 Å². The highest BCUT2D eigenvalue weighted by Gasteiger charge is 2.27. The molecule has 1 aliphatic carbocycles. The van der Waals surface area contributed by atoms with Crippen LogP contribution in [0.4, 0.5) is 4.79 Å². The van der Waals surface area contributed by atoms with Crippen LogP contribution in [0.2, 0.25) is 0 Å². The van der Waals surface area contributed by atoms with Crippen molar-refractivity contribution in [2.45, 2.75) is 44.7 Å². The number of urea groups is 1. The number of aliphatic carboxylic acids is 1. The fourth-order valence-corrected chi connectivity index (χ4v) is 3.32. The third kappa shape index (κ3) is 4.59. The number of hydrogen-bond donors (Lipinski definition) is 3. The minimum Gasteiger partial charge on any atom is -0.496 e. The van der Waals surface area contributed by atoms with Gasteiger partial charge in [-0.25, -0.2) is 4.79 Å². The molecule has 0 aliphatic heterocycles. The summed E-state index contributed by atoms with van der Waals surface area (Å²) in [6.07, 6.45) is 2.44. The molecule has 1 fully saturated rings. The smallest absolute Gasteiger partial charge is 0.315 e. The Kier molecular flexibility index (Phi) is 6.13. The van der Waals surface area contributed by atoms with Gasteiger partial charge >= 0.3 is 12.0 Å². The second-order valence-electron chi connectivity index (χ2n) is 6.88. The van der Waals surface area contributed by atoms with E-state index in [0.29, 0.717) is 42.8 Å². The maximum Gasteiger partial charge on any atom is 0.315 e. The lowest BCUT2D eigenvalue weighted by atomic mass is 9.86. The summed E-state index contributed by atoms with van der Waals surface area (Å²) in [4.78, 5) is 27.6. The number of aromatic nitrogens is 2. The van der Waals surface area contributed by atoms with E-state index in [1.54, 1.807) is 20.1 Å². The number of hydrogen-bond acceptors (Lipinski definition) is 6. The summed E-state index contributed by atoms with van der Waals surface area (Å²) >= 11 is 0. The summed E-state index contributed by atoms with van der Waals surface area (Å²) in [5.41, 5.74) is 0.701. The molecule has 1 aromatic heterocycles. The lowest BCUT2D eigenvalue weighted by Crippen LogP contribution is -2.44. The molecule has 1 aromatic carbocycles. The maximum atomic E-state index is 12.2. The van der Waals surface area contributed by atoms with E-state index in [0.717, 1.165) is 0 Å². The Hall–Kier alpha value is -3.10. The van der Waals surface area contributed by atoms with E-state index in [1.807, 2.05) is 18.2 Å². The first-order valence-corrected chi connectivity index (χ1v) is 9.24. The van der Waals surface area contributed by atoms with Gasteiger partial charge in [-0.1, -0.05) is 17.3 Å². The number of amides is 2. The molecular weight excluding hydrogens is 364 g/mol. The van der Waals surface area contributed by atoms with Gasteiger partial charge in [0, 0.05) is 6.04 Å². The Morgan fingerprint density at radius 2 is 1.96 bits per heavy atom. The minimum absolute atomic E-state index is 0.0328. The van der Waals surface area contributed by atoms with Gasteiger partial charge in [0.2, 0.25) is 11.7 Å². The Morgan fingerprint density at radius 3 is 2.64 bits per heavy atom. The van der Waals surface area contributed by atoms with Crippen LogP contribution < -0.4 is 15.4 Å². The summed E-state index contributed by atoms with van der Waals surface area (Å²) in [6.45, 7) is 1.75. The summed E-state index contributed by atoms with van der Waals surface area (Å²) in [5, 5.41) is 18.7. The second kappa shape index (κ2) is 8.73. The Balaban J connectivity index is 1.55. The molecule has 0 spiro atoms. The monoisotopic (exact) mass is 388 g/mol. The van der Waals surface area contributed by atoms with Crippen LogP contribution in [0.25, 0.3) is 11.4 Å². The van der Waals surface area contributed by atoms with Gasteiger partial charge in [-0.2, -0.15) is 4.98 Å². The first kappa shape index (κ1) is 19.7. The van der Waals surface area contributed by atoms with Gasteiger partial charge in [0.1, 0.15) is 11.8 Å². The molecule has 2 aromatic rings. The van der Waals surface area contributed by atoms with Gasteiger partial charge in [-0.05, 0) is 44.7 Å². The number of rotatable bonds is 6. The third-order valence-electron chi connectivity index (χ3n) is 4.92. The van der Waals surface area contributed by atoms with E-state index < -0.39 is 12.0 Å². The summed E-state index contributed by atoms with van der Waals surface area (Å²) in [6, 6.07) is 6.47. The highest BCUT2D eigenvalue weighted by molar-refractivity contribution is 5.75. The van der Waals surface area contributed by atoms with Crippen molar-refractivity contribution >= 4 is 12.0 Å². The van der Waals surface area contributed by atoms with Crippen LogP contribution in [0.15, 0.2) is 28.8 Å². The fraction of sp³-hybridized carbons (Fsp3) is 0.474. The zero-order valence-corrected chi connectivity index (χ0v) is 15.8. The number of methoxy groups -OCH3 is 1. The van der Waals surface area contributed by atoms with Gasteiger partial charge in [0.05, 0.1) is 18.6 Å². The van der Waals surface area contributed by atoms with E-state index >= 15 is 0 Å². The molecule has 0 bridgehead atoms. The number of carbonyl (C=O) groups excluding carboxylic acids is 1. The van der Waals surface area contributed by atoms with Crippen molar-refractivity contribution in [2.24, 2.45) is 5.92 Å². The average molecular weight is 388 g/mol. The second-order valence-corrected chi connectivity index (χ2v) is 6.88. The van der Waals surface area contributed by atoms with Crippen LogP contribution in [0.3, 0.4) is 0 Å². The highest BCUT2D eigenvalue weighted by Crippen LogP contribution is 2.28. The number of carboxylic acids is 1. The predicted octanol–water partition coefficient (Wildman–Crippen LogP) is 2.75. The third-order valence-corrected chi connectivity index (χ3v) is 4.92. The average Bonchev–Trinajstić information content (AvgIpc) is 3.18. The number of benzene rings is 1. The first-order valence-electron chi connectivity index (χ1n) is 9.24. The molecule has 9 heteroatoms. The van der Waals surface area contributed by atoms with Crippen molar-refractivity contribution in [3.05, 3.63) is 30.2 Å². The summed E-state index contributed by atoms with van der Waals surface area (Å²) in [7, 11) is 1.57. The van der Waals surface area contributed by atoms with Crippen molar-refractivity contribution in [2.75, 3.05) is 7.11 Å². The van der Waals surface area contributed by atoms with E-state index in [9.17, 15) is 9.59 Å². The zero-order chi connectivity index (χ0) is 20.1. The van der Waals surface area contributed by atoms with E-state index in [1.165, 1.54) is 0 Å². The molecule has 1 aliphatic rings. The molecular formula is C19H24N4O5. The molecule has 0 saturated heterocycles. The largest absolute Gasteiger partial charge is 0.496 e. The predicted molar refractivity (Wildman–Crippen MR) is 99.8 cm³/mol. The molecule has 28 heavy (non-hydrogen) atoms. The molecule has 2 amide bonds. The molecule has 9 nitrogen and oxygen atoms in total. The molecule has 3 N–H and O–H groups in total. The first-order chi connectivity index (χ1) is 13.5. The Labute approximate surface area is 162 Å². The normalized spacial score (nSPS) is 20.2. The molecule has 1 saturated carbocycles. The van der Waals surface area contributed by atoms with Crippen LogP contribution in [0.5, 0.6) is 5.75 Å². The minimum atomic E-state index is -0.765. The van der Waals surface area contributed by atoms with Crippen molar-refractivity contribution in [1.82, 2.24) is 20.8 Å². The van der Waals surface area contributed by atoms with Crippen molar-refractivity contribution in [1.29, 1.82) is 0 Å². The van der Waals surface area contributed by atoms with E-state index in [-0.39, 0.29) is 23.9 Å². The van der Waals surface area contributed by atoms with Crippen molar-refractivity contribution in [3.8, 4) is 17.1 Å². The summed E-state index contributed by atoms with van der Waals surface area (Å²) in [5.74, 6) is 0.218. The number of nitrogens with one attached hydrogen (secondary N) is 2. The lowest BCUT2D eigenvalue weighted by molar-refractivity contribution is -0.142. The lowest BCUT2D eigenvalue weighted by Gasteiger charge is -2.27. The van der Waals surface area contributed by atoms with E-state index in [4.69, 9.17) is 14.4 Å². The molecule has 1 heterocycles. The van der Waals surface area contributed by atoms with Crippen LogP contribution >= 0.6 is 0 Å². The van der Waals surface area contributed by atoms with Gasteiger partial charge in [0.15, 0.2) is 0 Å². The summed E-state index contributed by atoms with van der Waals surface area (Å²) < 4.78 is 10.6. The number of carbonyl (C=O) groups is 2. The number of para-hydroxylation sites is 1. The highest BCUT2D eigenvalue weighted by atomic mass is 16.5. The standard InChI is InChI=1S/C19H24N4O5/c1-11(20-19(26)21-13-9-7-12(8-10-13)18(24)25)17-22-16(23-28-17)14-5-3-4-6-15(14)27-2/h3-6,11-13H,7-10H2,1-2H3,(H,24,25)(H2,20,21,26). The number of nitrogens with zero attached hydrogens (tertiary/aromatic N) is 2. The van der Waals surface area contributed by atoms with Crippen LogP contribution in [0.1, 0.15) is 44.5 Å². The zero-order valence-electron chi connectivity index (χ0n) is 15.8.